The van der Waals surface area contributed by atoms with Crippen molar-refractivity contribution in [2.24, 2.45) is 0 Å². The number of aliphatic hydroxyl groups is 1. The molecule has 3 fully saturated rings. The van der Waals surface area contributed by atoms with Crippen LogP contribution < -0.4 is 0 Å². The van der Waals surface area contributed by atoms with Crippen LogP contribution in [0.5, 0.6) is 0 Å². The Kier molecular flexibility index (Phi) is 19.3. The summed E-state index contributed by atoms with van der Waals surface area (Å²) < 4.78 is 21.7. The number of likely N-dealkylation sites (tertiary alicyclic amines) is 1. The predicted molar refractivity (Wildman–Crippen MR) is 146 cm³/mol. The number of piperidine rings is 1. The molecule has 0 amide bonds. The zero-order valence-corrected chi connectivity index (χ0v) is 24.5. The van der Waals surface area contributed by atoms with Gasteiger partial charge in [-0.2, -0.15) is 0 Å². The molecule has 0 radical (unpaired) electrons. The van der Waals surface area contributed by atoms with Crippen molar-refractivity contribution in [3.05, 3.63) is 0 Å². The van der Waals surface area contributed by atoms with Crippen LogP contribution in [0.25, 0.3) is 0 Å². The van der Waals surface area contributed by atoms with Gasteiger partial charge in [0.15, 0.2) is 0 Å². The average molecular weight is 519 g/mol. The Balaban J connectivity index is 0.000000271. The highest BCUT2D eigenvalue weighted by atomic mass is 16.5. The molecule has 216 valence electrons. The number of rotatable bonds is 10. The first kappa shape index (κ1) is 33.7. The number of likely N-dealkylation sites (N-methyl/N-ethyl adjacent to an activating group) is 1. The minimum absolute atomic E-state index is 0.0831. The van der Waals surface area contributed by atoms with E-state index in [9.17, 15) is 5.11 Å². The quantitative estimate of drug-likeness (QED) is 0.470. The topological polar surface area (TPSA) is 70.1 Å². The van der Waals surface area contributed by atoms with E-state index in [2.05, 4.69) is 54.2 Å². The molecular weight excluding hydrogens is 460 g/mol. The fourth-order valence-corrected chi connectivity index (χ4v) is 3.78. The number of hydrogen-bond donors (Lipinski definition) is 1. The van der Waals surface area contributed by atoms with Gasteiger partial charge in [-0.1, -0.05) is 6.92 Å². The van der Waals surface area contributed by atoms with Crippen molar-refractivity contribution in [1.82, 2.24) is 19.6 Å². The van der Waals surface area contributed by atoms with Crippen LogP contribution in [-0.4, -0.2) is 141 Å². The van der Waals surface area contributed by atoms with Crippen molar-refractivity contribution < 1.29 is 24.1 Å². The van der Waals surface area contributed by atoms with Gasteiger partial charge in [0.05, 0.1) is 57.8 Å². The fraction of sp³-hybridized carbons (Fsp3) is 1.00. The van der Waals surface area contributed by atoms with Crippen molar-refractivity contribution in [2.75, 3.05) is 92.3 Å². The third kappa shape index (κ3) is 18.0. The molecule has 0 aromatic rings. The van der Waals surface area contributed by atoms with Gasteiger partial charge < -0.3 is 29.0 Å². The molecule has 0 bridgehead atoms. The van der Waals surface area contributed by atoms with E-state index >= 15 is 0 Å². The Morgan fingerprint density at radius 1 is 0.611 bits per heavy atom. The van der Waals surface area contributed by atoms with E-state index in [-0.39, 0.29) is 6.10 Å². The second kappa shape index (κ2) is 20.6. The second-order valence-electron chi connectivity index (χ2n) is 10.7. The lowest BCUT2D eigenvalue weighted by molar-refractivity contribution is -0.0511. The van der Waals surface area contributed by atoms with Crippen molar-refractivity contribution >= 4 is 0 Å². The number of aliphatic hydroxyl groups excluding tert-OH is 1. The van der Waals surface area contributed by atoms with Crippen molar-refractivity contribution in [3.8, 4) is 0 Å². The number of hydrogen-bond acceptors (Lipinski definition) is 9. The second-order valence-corrected chi connectivity index (χ2v) is 10.7. The Hall–Kier alpha value is -0.360. The zero-order valence-electron chi connectivity index (χ0n) is 24.5. The lowest BCUT2D eigenvalue weighted by Crippen LogP contribution is -2.47. The van der Waals surface area contributed by atoms with Gasteiger partial charge in [0, 0.05) is 52.4 Å². The van der Waals surface area contributed by atoms with Crippen LogP contribution in [0, 0.1) is 0 Å². The molecule has 0 unspecified atom stereocenters. The Labute approximate surface area is 222 Å². The van der Waals surface area contributed by atoms with E-state index in [0.29, 0.717) is 25.0 Å². The molecule has 0 spiro atoms. The first-order valence-corrected chi connectivity index (χ1v) is 14.2. The Morgan fingerprint density at radius 3 is 1.36 bits per heavy atom. The lowest BCUT2D eigenvalue weighted by atomic mass is 10.1. The Bertz CT molecular complexity index is 491. The van der Waals surface area contributed by atoms with Crippen molar-refractivity contribution in [3.63, 3.8) is 0 Å². The van der Waals surface area contributed by atoms with Crippen LogP contribution in [0.1, 0.15) is 61.3 Å². The predicted octanol–water partition coefficient (Wildman–Crippen LogP) is 2.53. The van der Waals surface area contributed by atoms with Crippen molar-refractivity contribution in [1.29, 1.82) is 0 Å². The van der Waals surface area contributed by atoms with Crippen LogP contribution in [0.15, 0.2) is 0 Å². The zero-order chi connectivity index (χ0) is 26.8. The molecule has 0 aliphatic carbocycles. The van der Waals surface area contributed by atoms with Gasteiger partial charge in [0.1, 0.15) is 0 Å². The van der Waals surface area contributed by atoms with Gasteiger partial charge in [0.25, 0.3) is 0 Å². The molecule has 3 rings (SSSR count). The molecule has 1 N–H and O–H groups in total. The van der Waals surface area contributed by atoms with Gasteiger partial charge >= 0.3 is 0 Å². The van der Waals surface area contributed by atoms with E-state index in [0.717, 1.165) is 78.8 Å². The van der Waals surface area contributed by atoms with Gasteiger partial charge in [-0.25, -0.2) is 0 Å². The smallest absolute Gasteiger partial charge is 0.0995 e. The van der Waals surface area contributed by atoms with Crippen LogP contribution in [0.3, 0.4) is 0 Å². The molecule has 0 aromatic heterocycles. The lowest BCUT2D eigenvalue weighted by Gasteiger charge is -2.33. The standard InChI is InChI=1S/C10H22N2O.C9H19NO2.C8H17NO2/c1-4-11-5-7-12(8-6-11)9-13-10(2)3;1-8(2)12-7-10-5-3-9(11)4-6-10;1-8(2)11-7-9-3-5-10-6-4-9/h10H,4-9H2,1-3H3;8-9,11H,3-7H2,1-2H3;8H,3-7H2,1-2H3. The molecule has 3 aliphatic rings. The molecule has 36 heavy (non-hydrogen) atoms. The molecule has 3 heterocycles. The highest BCUT2D eigenvalue weighted by molar-refractivity contribution is 4.69. The minimum atomic E-state index is -0.0831. The SMILES string of the molecule is CC(C)OCN1CCC(O)CC1.CC(C)OCN1CCOCC1.CCN1CCN(COC(C)C)CC1. The largest absolute Gasteiger partial charge is 0.393 e. The molecular formula is C27H58N4O5. The average Bonchev–Trinajstić information content (AvgIpc) is 2.87. The van der Waals surface area contributed by atoms with E-state index in [4.69, 9.17) is 18.9 Å². The summed E-state index contributed by atoms with van der Waals surface area (Å²) in [6.45, 7) is 28.4. The first-order chi connectivity index (χ1) is 17.2. The van der Waals surface area contributed by atoms with Gasteiger partial charge in [-0.15, -0.1) is 0 Å². The van der Waals surface area contributed by atoms with Gasteiger partial charge in [0.2, 0.25) is 0 Å². The summed E-state index contributed by atoms with van der Waals surface area (Å²) >= 11 is 0. The van der Waals surface area contributed by atoms with E-state index < -0.39 is 0 Å². The van der Waals surface area contributed by atoms with E-state index in [1.807, 2.05) is 13.8 Å². The first-order valence-electron chi connectivity index (χ1n) is 14.2. The van der Waals surface area contributed by atoms with Crippen LogP contribution in [-0.2, 0) is 18.9 Å². The highest BCUT2D eigenvalue weighted by Gasteiger charge is 2.17. The van der Waals surface area contributed by atoms with E-state index in [1.54, 1.807) is 0 Å². The molecule has 3 saturated heterocycles. The summed E-state index contributed by atoms with van der Waals surface area (Å²) in [6.07, 6.45) is 2.68. The molecule has 0 saturated carbocycles. The maximum Gasteiger partial charge on any atom is 0.0995 e. The number of morpholine rings is 1. The molecule has 0 aromatic carbocycles. The summed E-state index contributed by atoms with van der Waals surface area (Å²) in [5.74, 6) is 0. The number of ether oxygens (including phenoxy) is 4. The number of nitrogens with zero attached hydrogens (tertiary/aromatic N) is 4. The normalized spacial score (nSPS) is 21.4. The monoisotopic (exact) mass is 518 g/mol. The van der Waals surface area contributed by atoms with Gasteiger partial charge in [-0.05, 0) is 60.9 Å². The van der Waals surface area contributed by atoms with E-state index in [1.165, 1.54) is 19.6 Å². The summed E-state index contributed by atoms with van der Waals surface area (Å²) in [5.41, 5.74) is 0. The summed E-state index contributed by atoms with van der Waals surface area (Å²) in [5, 5.41) is 9.24. The maximum atomic E-state index is 9.24. The molecule has 3 aliphatic heterocycles. The number of piperazine rings is 1. The minimum Gasteiger partial charge on any atom is -0.393 e. The summed E-state index contributed by atoms with van der Waals surface area (Å²) in [6, 6.07) is 0. The van der Waals surface area contributed by atoms with Crippen LogP contribution in [0.4, 0.5) is 0 Å². The van der Waals surface area contributed by atoms with Crippen molar-refractivity contribution in [2.45, 2.75) is 85.7 Å². The fourth-order valence-electron chi connectivity index (χ4n) is 3.78. The maximum absolute atomic E-state index is 9.24. The Morgan fingerprint density at radius 2 is 0.972 bits per heavy atom. The molecule has 9 nitrogen and oxygen atoms in total. The third-order valence-electron chi connectivity index (χ3n) is 6.34. The molecule has 0 atom stereocenters. The van der Waals surface area contributed by atoms with Crippen LogP contribution in [0.2, 0.25) is 0 Å². The van der Waals surface area contributed by atoms with Gasteiger partial charge in [-0.3, -0.25) is 14.7 Å². The summed E-state index contributed by atoms with van der Waals surface area (Å²) in [4.78, 5) is 9.37. The van der Waals surface area contributed by atoms with Crippen LogP contribution >= 0.6 is 0 Å². The summed E-state index contributed by atoms with van der Waals surface area (Å²) in [7, 11) is 0. The highest BCUT2D eigenvalue weighted by Crippen LogP contribution is 2.09. The third-order valence-corrected chi connectivity index (χ3v) is 6.34. The molecule has 9 heteroatoms.